The number of aromatic nitrogens is 4. The smallest absolute Gasteiger partial charge is 0.281 e. The molecule has 0 radical (unpaired) electrons. The van der Waals surface area contributed by atoms with E-state index in [1.165, 1.54) is 23.1 Å². The number of hydrazine groups is 1. The maximum atomic E-state index is 12.5. The molecule has 0 aromatic carbocycles. The highest BCUT2D eigenvalue weighted by molar-refractivity contribution is 7.92. The first-order valence-electron chi connectivity index (χ1n) is 5.83. The van der Waals surface area contributed by atoms with Crippen LogP contribution < -0.4 is 16.0 Å². The highest BCUT2D eigenvalue weighted by Gasteiger charge is 2.25. The third-order valence-corrected chi connectivity index (χ3v) is 4.09. The van der Waals surface area contributed by atoms with E-state index >= 15 is 0 Å². The lowest BCUT2D eigenvalue weighted by Gasteiger charge is -2.08. The number of nitrogens with zero attached hydrogens (tertiary/aromatic N) is 4. The molecule has 0 saturated heterocycles. The van der Waals surface area contributed by atoms with E-state index in [9.17, 15) is 8.42 Å². The fourth-order valence-electron chi connectivity index (χ4n) is 1.88. The fourth-order valence-corrected chi connectivity index (χ4v) is 3.16. The molecule has 0 amide bonds. The van der Waals surface area contributed by atoms with Crippen molar-refractivity contribution >= 4 is 27.2 Å². The summed E-state index contributed by atoms with van der Waals surface area (Å²) < 4.78 is 28.9. The second kappa shape index (κ2) is 5.00. The zero-order valence-electron chi connectivity index (χ0n) is 10.6. The van der Waals surface area contributed by atoms with E-state index in [0.29, 0.717) is 5.65 Å². The van der Waals surface area contributed by atoms with Crippen molar-refractivity contribution in [1.82, 2.24) is 19.4 Å². The zero-order chi connectivity index (χ0) is 14.9. The maximum absolute atomic E-state index is 12.5. The Kier molecular flexibility index (Phi) is 3.16. The van der Waals surface area contributed by atoms with Crippen LogP contribution in [0.15, 0.2) is 48.1 Å². The van der Waals surface area contributed by atoms with Crippen LogP contribution in [0.25, 0.3) is 5.65 Å². The normalized spacial score (nSPS) is 11.5. The summed E-state index contributed by atoms with van der Waals surface area (Å²) in [6.07, 6.45) is 5.59. The number of nitrogens with one attached hydrogen (secondary N) is 2. The molecule has 21 heavy (non-hydrogen) atoms. The van der Waals surface area contributed by atoms with Gasteiger partial charge in [0.25, 0.3) is 10.0 Å². The summed E-state index contributed by atoms with van der Waals surface area (Å²) in [6, 6.07) is 5.11. The van der Waals surface area contributed by atoms with Gasteiger partial charge in [0.2, 0.25) is 5.03 Å². The molecule has 0 aliphatic heterocycles. The number of imidazole rings is 1. The average molecular weight is 305 g/mol. The second-order valence-electron chi connectivity index (χ2n) is 4.07. The van der Waals surface area contributed by atoms with Gasteiger partial charge >= 0.3 is 0 Å². The second-order valence-corrected chi connectivity index (χ2v) is 5.67. The van der Waals surface area contributed by atoms with Crippen LogP contribution in [0.2, 0.25) is 0 Å². The van der Waals surface area contributed by atoms with Gasteiger partial charge in [-0.3, -0.25) is 9.12 Å². The Bertz CT molecular complexity index is 876. The van der Waals surface area contributed by atoms with Gasteiger partial charge in [0, 0.05) is 6.20 Å². The fraction of sp³-hybridized carbons (Fsp3) is 0. The molecule has 0 saturated carbocycles. The summed E-state index contributed by atoms with van der Waals surface area (Å²) in [4.78, 5) is 11.6. The van der Waals surface area contributed by atoms with Gasteiger partial charge < -0.3 is 5.43 Å². The van der Waals surface area contributed by atoms with Crippen molar-refractivity contribution in [3.05, 3.63) is 43.1 Å². The quantitative estimate of drug-likeness (QED) is 0.464. The van der Waals surface area contributed by atoms with E-state index < -0.39 is 10.0 Å². The van der Waals surface area contributed by atoms with Gasteiger partial charge in [-0.25, -0.2) is 20.8 Å². The topological polar surface area (TPSA) is 127 Å². The molecule has 0 bridgehead atoms. The van der Waals surface area contributed by atoms with Crippen LogP contribution in [-0.2, 0) is 10.0 Å². The summed E-state index contributed by atoms with van der Waals surface area (Å²) in [5.74, 6) is 5.41. The number of hydrogen-bond acceptors (Lipinski definition) is 7. The first kappa shape index (κ1) is 13.3. The van der Waals surface area contributed by atoms with E-state index in [1.54, 1.807) is 24.4 Å². The van der Waals surface area contributed by atoms with Gasteiger partial charge in [0.05, 0.1) is 18.1 Å². The molecule has 3 aromatic rings. The molecule has 0 atom stereocenters. The molecule has 9 nitrogen and oxygen atoms in total. The van der Waals surface area contributed by atoms with Crippen molar-refractivity contribution in [2.45, 2.75) is 5.03 Å². The number of rotatable bonds is 4. The number of pyridine rings is 1. The third kappa shape index (κ3) is 2.37. The largest absolute Gasteiger partial charge is 0.306 e. The van der Waals surface area contributed by atoms with E-state index in [2.05, 4.69) is 25.1 Å². The van der Waals surface area contributed by atoms with Gasteiger partial charge in [-0.05, 0) is 12.1 Å². The van der Waals surface area contributed by atoms with Crippen molar-refractivity contribution in [2.24, 2.45) is 5.84 Å². The number of hydrogen-bond donors (Lipinski definition) is 3. The van der Waals surface area contributed by atoms with Crippen LogP contribution in [0.1, 0.15) is 0 Å². The minimum absolute atomic E-state index is 0.0468. The zero-order valence-corrected chi connectivity index (χ0v) is 11.4. The standard InChI is InChI=1S/C11H11N7O2S/c12-16-10-11(18-4-2-1-3-9(18)15-10)21(19,20)17-8-5-13-7-14-6-8/h1-7,16-17H,12H2. The van der Waals surface area contributed by atoms with Gasteiger partial charge in [-0.2, -0.15) is 8.42 Å². The average Bonchev–Trinajstić information content (AvgIpc) is 2.87. The first-order chi connectivity index (χ1) is 10.1. The molecule has 3 heterocycles. The van der Waals surface area contributed by atoms with Crippen molar-refractivity contribution in [2.75, 3.05) is 10.1 Å². The lowest BCUT2D eigenvalue weighted by atomic mass is 10.5. The summed E-state index contributed by atoms with van der Waals surface area (Å²) in [5, 5.41) is -0.0931. The Hall–Kier alpha value is -2.72. The summed E-state index contributed by atoms with van der Waals surface area (Å²) in [6.45, 7) is 0. The molecular weight excluding hydrogens is 294 g/mol. The summed E-state index contributed by atoms with van der Waals surface area (Å²) in [5.41, 5.74) is 2.99. The molecular formula is C11H11N7O2S. The van der Waals surface area contributed by atoms with Crippen molar-refractivity contribution in [3.8, 4) is 0 Å². The summed E-state index contributed by atoms with van der Waals surface area (Å²) >= 11 is 0. The Labute approximate surface area is 119 Å². The van der Waals surface area contributed by atoms with E-state index in [-0.39, 0.29) is 16.5 Å². The van der Waals surface area contributed by atoms with E-state index in [1.807, 2.05) is 0 Å². The molecule has 108 valence electrons. The molecule has 0 spiro atoms. The predicted octanol–water partition coefficient (Wildman–Crippen LogP) is 0.211. The van der Waals surface area contributed by atoms with Crippen LogP contribution in [0.3, 0.4) is 0 Å². The molecule has 0 aliphatic rings. The number of fused-ring (bicyclic) bond motifs is 1. The molecule has 3 aromatic heterocycles. The molecule has 0 aliphatic carbocycles. The predicted molar refractivity (Wildman–Crippen MR) is 75.8 cm³/mol. The van der Waals surface area contributed by atoms with Crippen LogP contribution in [0.4, 0.5) is 11.5 Å². The molecule has 0 fully saturated rings. The lowest BCUT2D eigenvalue weighted by Crippen LogP contribution is -2.19. The Morgan fingerprint density at radius 1 is 1.19 bits per heavy atom. The Balaban J connectivity index is 2.14. The minimum atomic E-state index is -3.91. The van der Waals surface area contributed by atoms with Crippen LogP contribution >= 0.6 is 0 Å². The molecule has 3 rings (SSSR count). The Morgan fingerprint density at radius 3 is 2.67 bits per heavy atom. The van der Waals surface area contributed by atoms with E-state index in [0.717, 1.165) is 0 Å². The lowest BCUT2D eigenvalue weighted by molar-refractivity contribution is 0.597. The number of sulfonamides is 1. The van der Waals surface area contributed by atoms with Crippen LogP contribution in [0.5, 0.6) is 0 Å². The van der Waals surface area contributed by atoms with Gasteiger partial charge in [0.1, 0.15) is 12.0 Å². The first-order valence-corrected chi connectivity index (χ1v) is 7.31. The van der Waals surface area contributed by atoms with Crippen molar-refractivity contribution < 1.29 is 8.42 Å². The van der Waals surface area contributed by atoms with Crippen LogP contribution in [0, 0.1) is 0 Å². The van der Waals surface area contributed by atoms with Crippen molar-refractivity contribution in [3.63, 3.8) is 0 Å². The number of anilines is 2. The molecule has 4 N–H and O–H groups in total. The van der Waals surface area contributed by atoms with Crippen LogP contribution in [-0.4, -0.2) is 27.8 Å². The summed E-state index contributed by atoms with van der Waals surface area (Å²) in [7, 11) is -3.91. The van der Waals surface area contributed by atoms with Gasteiger partial charge in [-0.1, -0.05) is 6.07 Å². The maximum Gasteiger partial charge on any atom is 0.281 e. The van der Waals surface area contributed by atoms with Gasteiger partial charge in [-0.15, -0.1) is 0 Å². The minimum Gasteiger partial charge on any atom is -0.306 e. The number of nitrogen functional groups attached to an aromatic ring is 1. The van der Waals surface area contributed by atoms with E-state index in [4.69, 9.17) is 5.84 Å². The molecule has 0 unspecified atom stereocenters. The Morgan fingerprint density at radius 2 is 1.95 bits per heavy atom. The number of nitrogens with two attached hydrogens (primary N) is 1. The van der Waals surface area contributed by atoms with Gasteiger partial charge in [0.15, 0.2) is 5.82 Å². The highest BCUT2D eigenvalue weighted by Crippen LogP contribution is 2.23. The highest BCUT2D eigenvalue weighted by atomic mass is 32.2. The molecule has 10 heteroatoms. The third-order valence-electron chi connectivity index (χ3n) is 2.69. The van der Waals surface area contributed by atoms with Crippen molar-refractivity contribution in [1.29, 1.82) is 0 Å². The SMILES string of the molecule is NNc1nc2ccccn2c1S(=O)(=O)Nc1cncnc1. The monoisotopic (exact) mass is 305 g/mol.